The summed E-state index contributed by atoms with van der Waals surface area (Å²) in [6, 6.07) is 10.9. The first kappa shape index (κ1) is 19.0. The molecule has 0 radical (unpaired) electrons. The van der Waals surface area contributed by atoms with Crippen molar-refractivity contribution >= 4 is 11.8 Å². The third-order valence-corrected chi connectivity index (χ3v) is 3.67. The molecule has 0 aliphatic rings. The Balaban J connectivity index is 2.21. The van der Waals surface area contributed by atoms with Crippen LogP contribution < -0.4 is 11.1 Å². The molecule has 0 bridgehead atoms. The van der Waals surface area contributed by atoms with Gasteiger partial charge in [-0.3, -0.25) is 9.59 Å². The van der Waals surface area contributed by atoms with Crippen LogP contribution in [0.4, 0.5) is 13.2 Å². The Kier molecular flexibility index (Phi) is 5.62. The van der Waals surface area contributed by atoms with Gasteiger partial charge < -0.3 is 11.1 Å². The number of benzene rings is 2. The maximum atomic E-state index is 13.1. The number of rotatable bonds is 5. The van der Waals surface area contributed by atoms with Crippen molar-refractivity contribution in [2.24, 2.45) is 5.73 Å². The number of hydrogen-bond donors (Lipinski definition) is 2. The fraction of sp³-hybridized carbons (Fsp3) is 0.167. The van der Waals surface area contributed by atoms with Crippen molar-refractivity contribution in [1.82, 2.24) is 5.32 Å². The molecule has 0 spiro atoms. The fourth-order valence-corrected chi connectivity index (χ4v) is 2.36. The maximum Gasteiger partial charge on any atom is 0.416 e. The smallest absolute Gasteiger partial charge is 0.368 e. The molecule has 0 heterocycles. The molecular formula is C18H14F3N3O2. The van der Waals surface area contributed by atoms with E-state index >= 15 is 0 Å². The molecule has 8 heteroatoms. The molecule has 134 valence electrons. The lowest BCUT2D eigenvalue weighted by atomic mass is 9.99. The van der Waals surface area contributed by atoms with Crippen LogP contribution in [-0.2, 0) is 17.4 Å². The number of primary amides is 1. The molecule has 0 unspecified atom stereocenters. The predicted molar refractivity (Wildman–Crippen MR) is 86.8 cm³/mol. The lowest BCUT2D eigenvalue weighted by molar-refractivity contribution is -0.138. The molecule has 2 rings (SSSR count). The quantitative estimate of drug-likeness (QED) is 0.856. The van der Waals surface area contributed by atoms with Crippen LogP contribution in [-0.4, -0.2) is 17.9 Å². The molecule has 2 aromatic carbocycles. The van der Waals surface area contributed by atoms with Crippen LogP contribution in [0.3, 0.4) is 0 Å². The molecular weight excluding hydrogens is 347 g/mol. The standard InChI is InChI=1S/C18H14F3N3O2/c19-18(20,21)14-4-2-1-3-13(14)9-15(16(23)25)24-17(26)12-7-5-11(10-22)6-8-12/h1-8,15H,9H2,(H2,23,25)(H,24,26)/t15-/m1/s1. The molecule has 0 aromatic heterocycles. The summed E-state index contributed by atoms with van der Waals surface area (Å²) in [6.07, 6.45) is -4.98. The van der Waals surface area contributed by atoms with E-state index in [1.807, 2.05) is 6.07 Å². The van der Waals surface area contributed by atoms with Gasteiger partial charge in [-0.1, -0.05) is 18.2 Å². The Morgan fingerprint density at radius 3 is 2.27 bits per heavy atom. The monoisotopic (exact) mass is 361 g/mol. The minimum absolute atomic E-state index is 0.149. The summed E-state index contributed by atoms with van der Waals surface area (Å²) < 4.78 is 39.2. The zero-order valence-electron chi connectivity index (χ0n) is 13.4. The van der Waals surface area contributed by atoms with Crippen molar-refractivity contribution in [1.29, 1.82) is 5.26 Å². The highest BCUT2D eigenvalue weighted by Gasteiger charge is 2.34. The van der Waals surface area contributed by atoms with Crippen molar-refractivity contribution in [3.8, 4) is 6.07 Å². The number of amides is 2. The van der Waals surface area contributed by atoms with Gasteiger partial charge in [0.05, 0.1) is 17.2 Å². The fourth-order valence-electron chi connectivity index (χ4n) is 2.36. The second kappa shape index (κ2) is 7.70. The summed E-state index contributed by atoms with van der Waals surface area (Å²) in [7, 11) is 0. The van der Waals surface area contributed by atoms with Crippen molar-refractivity contribution in [3.05, 3.63) is 70.8 Å². The highest BCUT2D eigenvalue weighted by Crippen LogP contribution is 2.32. The molecule has 0 aliphatic carbocycles. The summed E-state index contributed by atoms with van der Waals surface area (Å²) >= 11 is 0. The minimum Gasteiger partial charge on any atom is -0.368 e. The van der Waals surface area contributed by atoms with Gasteiger partial charge in [0.25, 0.3) is 5.91 Å². The number of carbonyl (C=O) groups is 2. The van der Waals surface area contributed by atoms with E-state index in [0.717, 1.165) is 6.07 Å². The van der Waals surface area contributed by atoms with Crippen LogP contribution in [0, 0.1) is 11.3 Å². The Morgan fingerprint density at radius 2 is 1.73 bits per heavy atom. The van der Waals surface area contributed by atoms with E-state index in [9.17, 15) is 22.8 Å². The first-order chi connectivity index (χ1) is 12.2. The van der Waals surface area contributed by atoms with Gasteiger partial charge in [-0.2, -0.15) is 18.4 Å². The van der Waals surface area contributed by atoms with Gasteiger partial charge in [0.1, 0.15) is 6.04 Å². The maximum absolute atomic E-state index is 13.1. The molecule has 0 saturated carbocycles. The Morgan fingerprint density at radius 1 is 1.12 bits per heavy atom. The van der Waals surface area contributed by atoms with Crippen LogP contribution >= 0.6 is 0 Å². The Labute approximate surface area is 147 Å². The van der Waals surface area contributed by atoms with E-state index < -0.39 is 36.0 Å². The normalized spacial score (nSPS) is 12.1. The zero-order chi connectivity index (χ0) is 19.3. The number of nitrogens with zero attached hydrogens (tertiary/aromatic N) is 1. The number of nitriles is 1. The summed E-state index contributed by atoms with van der Waals surface area (Å²) in [5, 5.41) is 11.1. The van der Waals surface area contributed by atoms with Gasteiger partial charge in [-0.15, -0.1) is 0 Å². The average molecular weight is 361 g/mol. The Hall–Kier alpha value is -3.34. The topological polar surface area (TPSA) is 96.0 Å². The minimum atomic E-state index is -4.59. The molecule has 1 atom stereocenters. The molecule has 2 aromatic rings. The van der Waals surface area contributed by atoms with Gasteiger partial charge >= 0.3 is 6.18 Å². The second-order valence-electron chi connectivity index (χ2n) is 5.48. The zero-order valence-corrected chi connectivity index (χ0v) is 13.4. The highest BCUT2D eigenvalue weighted by molar-refractivity contribution is 5.97. The van der Waals surface area contributed by atoms with Crippen LogP contribution in [0.5, 0.6) is 0 Å². The number of nitrogens with one attached hydrogen (secondary N) is 1. The van der Waals surface area contributed by atoms with Gasteiger partial charge in [0.15, 0.2) is 0 Å². The van der Waals surface area contributed by atoms with Crippen LogP contribution in [0.1, 0.15) is 27.0 Å². The summed E-state index contributed by atoms with van der Waals surface area (Å²) in [5.74, 6) is -1.63. The predicted octanol–water partition coefficient (Wildman–Crippen LogP) is 2.40. The van der Waals surface area contributed by atoms with E-state index in [-0.39, 0.29) is 11.1 Å². The van der Waals surface area contributed by atoms with Crippen LogP contribution in [0.25, 0.3) is 0 Å². The van der Waals surface area contributed by atoms with E-state index in [2.05, 4.69) is 5.32 Å². The molecule has 5 nitrogen and oxygen atoms in total. The number of hydrogen-bond acceptors (Lipinski definition) is 3. The van der Waals surface area contributed by atoms with Crippen molar-refractivity contribution in [3.63, 3.8) is 0 Å². The van der Waals surface area contributed by atoms with Crippen molar-refractivity contribution in [2.75, 3.05) is 0 Å². The highest BCUT2D eigenvalue weighted by atomic mass is 19.4. The van der Waals surface area contributed by atoms with E-state index in [4.69, 9.17) is 11.0 Å². The number of carbonyl (C=O) groups excluding carboxylic acids is 2. The Bertz CT molecular complexity index is 855. The first-order valence-electron chi connectivity index (χ1n) is 7.48. The summed E-state index contributed by atoms with van der Waals surface area (Å²) in [4.78, 5) is 23.8. The van der Waals surface area contributed by atoms with Gasteiger partial charge in [-0.05, 0) is 35.9 Å². The van der Waals surface area contributed by atoms with E-state index in [1.54, 1.807) is 0 Å². The lowest BCUT2D eigenvalue weighted by Gasteiger charge is -2.18. The SMILES string of the molecule is N#Cc1ccc(C(=O)N[C@H](Cc2ccccc2C(F)(F)F)C(N)=O)cc1. The summed E-state index contributed by atoms with van der Waals surface area (Å²) in [5.41, 5.74) is 4.69. The van der Waals surface area contributed by atoms with Crippen molar-refractivity contribution < 1.29 is 22.8 Å². The van der Waals surface area contributed by atoms with Crippen LogP contribution in [0.2, 0.25) is 0 Å². The number of nitrogens with two attached hydrogens (primary N) is 1. The summed E-state index contributed by atoms with van der Waals surface area (Å²) in [6.45, 7) is 0. The molecule has 2 amide bonds. The molecule has 3 N–H and O–H groups in total. The first-order valence-corrected chi connectivity index (χ1v) is 7.48. The third kappa shape index (κ3) is 4.60. The molecule has 26 heavy (non-hydrogen) atoms. The molecule has 0 fully saturated rings. The number of halogens is 3. The van der Waals surface area contributed by atoms with Crippen LogP contribution in [0.15, 0.2) is 48.5 Å². The van der Waals surface area contributed by atoms with E-state index in [1.165, 1.54) is 42.5 Å². The molecule has 0 saturated heterocycles. The van der Waals surface area contributed by atoms with Gasteiger partial charge in [-0.25, -0.2) is 0 Å². The van der Waals surface area contributed by atoms with Gasteiger partial charge in [0, 0.05) is 12.0 Å². The second-order valence-corrected chi connectivity index (χ2v) is 5.48. The van der Waals surface area contributed by atoms with Gasteiger partial charge in [0.2, 0.25) is 5.91 Å². The van der Waals surface area contributed by atoms with Crippen molar-refractivity contribution in [2.45, 2.75) is 18.6 Å². The molecule has 0 aliphatic heterocycles. The third-order valence-electron chi connectivity index (χ3n) is 3.67. The number of alkyl halides is 3. The average Bonchev–Trinajstić information content (AvgIpc) is 2.60. The van der Waals surface area contributed by atoms with E-state index in [0.29, 0.717) is 5.56 Å². The lowest BCUT2D eigenvalue weighted by Crippen LogP contribution is -2.46. The largest absolute Gasteiger partial charge is 0.416 e.